The van der Waals surface area contributed by atoms with Crippen LogP contribution in [0.25, 0.3) is 0 Å². The fraction of sp³-hybridized carbons (Fsp3) is 0.0769. The van der Waals surface area contributed by atoms with Gasteiger partial charge in [-0.05, 0) is 30.3 Å². The Morgan fingerprint density at radius 2 is 2.05 bits per heavy atom. The first kappa shape index (κ1) is 12.7. The lowest BCUT2D eigenvalue weighted by molar-refractivity contribution is 0.464. The summed E-state index contributed by atoms with van der Waals surface area (Å²) in [6, 6.07) is 8.10. The summed E-state index contributed by atoms with van der Waals surface area (Å²) in [5.74, 6) is 1.63. The van der Waals surface area contributed by atoms with E-state index in [1.807, 2.05) is 0 Å². The molecular formula is C13H14N4O2. The second kappa shape index (κ2) is 5.72. The molecule has 6 nitrogen and oxygen atoms in total. The van der Waals surface area contributed by atoms with Crippen molar-refractivity contribution in [3.8, 4) is 17.2 Å². The Hall–Kier alpha value is -2.76. The number of benzene rings is 1. The molecule has 1 aromatic carbocycles. The van der Waals surface area contributed by atoms with Crippen LogP contribution >= 0.6 is 0 Å². The average molecular weight is 258 g/mol. The summed E-state index contributed by atoms with van der Waals surface area (Å²) in [6.45, 7) is 0. The van der Waals surface area contributed by atoms with Gasteiger partial charge in [0, 0.05) is 13.2 Å². The molecule has 0 unspecified atom stereocenters. The number of nitrogens with two attached hydrogens (primary N) is 1. The van der Waals surface area contributed by atoms with Crippen molar-refractivity contribution in [1.82, 2.24) is 10.4 Å². The van der Waals surface area contributed by atoms with E-state index in [1.54, 1.807) is 43.6 Å². The van der Waals surface area contributed by atoms with Crippen LogP contribution in [-0.2, 0) is 0 Å². The number of rotatable bonds is 4. The topological polar surface area (TPSA) is 92.8 Å². The molecule has 1 heterocycles. The van der Waals surface area contributed by atoms with Gasteiger partial charge < -0.3 is 21.0 Å². The summed E-state index contributed by atoms with van der Waals surface area (Å²) in [5.41, 5.74) is 9.02. The van der Waals surface area contributed by atoms with E-state index >= 15 is 0 Å². The number of hydrazone groups is 1. The number of nitrogen functional groups attached to an aromatic ring is 1. The summed E-state index contributed by atoms with van der Waals surface area (Å²) >= 11 is 0. The highest BCUT2D eigenvalue weighted by molar-refractivity contribution is 5.89. The summed E-state index contributed by atoms with van der Waals surface area (Å²) in [7, 11) is 1.68. The molecule has 0 aliphatic rings. The van der Waals surface area contributed by atoms with Gasteiger partial charge in [0.2, 0.25) is 0 Å². The van der Waals surface area contributed by atoms with Crippen LogP contribution in [0.4, 0.5) is 5.82 Å². The Labute approximate surface area is 110 Å². The second-order valence-electron chi connectivity index (χ2n) is 3.69. The molecule has 0 saturated heterocycles. The number of aromatic hydroxyl groups is 1. The highest BCUT2D eigenvalue weighted by Gasteiger charge is 2.07. The largest absolute Gasteiger partial charge is 0.508 e. The van der Waals surface area contributed by atoms with Gasteiger partial charge in [0.25, 0.3) is 0 Å². The number of nitrogens with one attached hydrogen (secondary N) is 1. The van der Waals surface area contributed by atoms with Crippen molar-refractivity contribution in [3.05, 3.63) is 42.1 Å². The van der Waals surface area contributed by atoms with Gasteiger partial charge in [-0.15, -0.1) is 0 Å². The highest BCUT2D eigenvalue weighted by atomic mass is 16.5. The molecule has 0 bridgehead atoms. The molecule has 2 rings (SSSR count). The molecule has 0 radical (unpaired) electrons. The Bertz CT molecular complexity index is 582. The molecule has 0 aliphatic heterocycles. The molecule has 4 N–H and O–H groups in total. The number of hydrogen-bond acceptors (Lipinski definition) is 6. The third-order valence-corrected chi connectivity index (χ3v) is 2.37. The third kappa shape index (κ3) is 3.12. The van der Waals surface area contributed by atoms with Crippen molar-refractivity contribution in [3.63, 3.8) is 0 Å². The summed E-state index contributed by atoms with van der Waals surface area (Å²) < 4.78 is 5.69. The molecular weight excluding hydrogens is 244 g/mol. The van der Waals surface area contributed by atoms with Gasteiger partial charge in [-0.1, -0.05) is 0 Å². The van der Waals surface area contributed by atoms with Crippen molar-refractivity contribution in [1.29, 1.82) is 0 Å². The van der Waals surface area contributed by atoms with Crippen molar-refractivity contribution in [2.75, 3.05) is 12.8 Å². The number of aromatic nitrogens is 1. The fourth-order valence-electron chi connectivity index (χ4n) is 1.46. The Morgan fingerprint density at radius 3 is 2.74 bits per heavy atom. The number of phenols is 1. The number of phenolic OH excluding ortho intramolecular Hbond substituents is 1. The van der Waals surface area contributed by atoms with Crippen molar-refractivity contribution in [2.45, 2.75) is 0 Å². The summed E-state index contributed by atoms with van der Waals surface area (Å²) in [6.07, 6.45) is 3.10. The van der Waals surface area contributed by atoms with E-state index in [4.69, 9.17) is 10.5 Å². The molecule has 0 spiro atoms. The summed E-state index contributed by atoms with van der Waals surface area (Å²) in [4.78, 5) is 3.99. The molecule has 98 valence electrons. The van der Waals surface area contributed by atoms with Gasteiger partial charge >= 0.3 is 0 Å². The van der Waals surface area contributed by atoms with Crippen LogP contribution in [0.3, 0.4) is 0 Å². The minimum atomic E-state index is 0.179. The van der Waals surface area contributed by atoms with Gasteiger partial charge in [-0.3, -0.25) is 0 Å². The van der Waals surface area contributed by atoms with E-state index in [1.165, 1.54) is 6.21 Å². The predicted molar refractivity (Wildman–Crippen MR) is 73.5 cm³/mol. The van der Waals surface area contributed by atoms with Crippen LogP contribution in [0, 0.1) is 0 Å². The quantitative estimate of drug-likeness (QED) is 0.573. The molecule has 6 heteroatoms. The Kier molecular flexibility index (Phi) is 3.82. The van der Waals surface area contributed by atoms with Gasteiger partial charge in [0.1, 0.15) is 23.1 Å². The zero-order valence-electron chi connectivity index (χ0n) is 10.4. The predicted octanol–water partition coefficient (Wildman–Crippen LogP) is 1.71. The molecule has 0 atom stereocenters. The van der Waals surface area contributed by atoms with Crippen molar-refractivity contribution < 1.29 is 9.84 Å². The standard InChI is InChI=1S/C13H14N4O2/c1-15-17-8-11-12(6-7-16-13(11)14)19-10-4-2-9(18)3-5-10/h2-8,15,18H,1H3,(H2,14,16)/b17-8+. The third-order valence-electron chi connectivity index (χ3n) is 2.37. The fourth-order valence-corrected chi connectivity index (χ4v) is 1.46. The number of nitrogens with zero attached hydrogens (tertiary/aromatic N) is 2. The SMILES string of the molecule is CN/N=C/c1c(Oc2ccc(O)cc2)ccnc1N. The first-order chi connectivity index (χ1) is 9.20. The first-order valence-electron chi connectivity index (χ1n) is 5.62. The molecule has 0 amide bonds. The zero-order chi connectivity index (χ0) is 13.7. The van der Waals surface area contributed by atoms with E-state index in [2.05, 4.69) is 15.5 Å². The zero-order valence-corrected chi connectivity index (χ0v) is 10.4. The summed E-state index contributed by atoms with van der Waals surface area (Å²) in [5, 5.41) is 13.1. The first-order valence-corrected chi connectivity index (χ1v) is 5.62. The van der Waals surface area contributed by atoms with E-state index in [9.17, 15) is 5.11 Å². The number of hydrogen-bond donors (Lipinski definition) is 3. The Morgan fingerprint density at radius 1 is 1.32 bits per heavy atom. The van der Waals surface area contributed by atoms with Gasteiger partial charge in [-0.2, -0.15) is 5.10 Å². The lowest BCUT2D eigenvalue weighted by atomic mass is 10.2. The molecule has 0 fully saturated rings. The highest BCUT2D eigenvalue weighted by Crippen LogP contribution is 2.27. The average Bonchev–Trinajstić information content (AvgIpc) is 2.41. The minimum Gasteiger partial charge on any atom is -0.508 e. The molecule has 2 aromatic rings. The minimum absolute atomic E-state index is 0.179. The van der Waals surface area contributed by atoms with Crippen LogP contribution in [0.15, 0.2) is 41.6 Å². The van der Waals surface area contributed by atoms with Gasteiger partial charge in [0.05, 0.1) is 11.8 Å². The van der Waals surface area contributed by atoms with Crippen LogP contribution in [0.2, 0.25) is 0 Å². The second-order valence-corrected chi connectivity index (χ2v) is 3.69. The number of pyridine rings is 1. The van der Waals surface area contributed by atoms with Gasteiger partial charge in [-0.25, -0.2) is 4.98 Å². The van der Waals surface area contributed by atoms with E-state index in [0.717, 1.165) is 0 Å². The van der Waals surface area contributed by atoms with Crippen LogP contribution in [-0.4, -0.2) is 23.4 Å². The molecule has 0 saturated carbocycles. The maximum absolute atomic E-state index is 9.22. The number of anilines is 1. The number of ether oxygens (including phenoxy) is 1. The lowest BCUT2D eigenvalue weighted by Crippen LogP contribution is -2.02. The molecule has 1 aromatic heterocycles. The Balaban J connectivity index is 2.31. The molecule has 19 heavy (non-hydrogen) atoms. The maximum atomic E-state index is 9.22. The smallest absolute Gasteiger partial charge is 0.141 e. The van der Waals surface area contributed by atoms with E-state index in [-0.39, 0.29) is 5.75 Å². The van der Waals surface area contributed by atoms with Crippen LogP contribution in [0.1, 0.15) is 5.56 Å². The van der Waals surface area contributed by atoms with Crippen molar-refractivity contribution in [2.24, 2.45) is 5.10 Å². The van der Waals surface area contributed by atoms with E-state index < -0.39 is 0 Å². The monoisotopic (exact) mass is 258 g/mol. The van der Waals surface area contributed by atoms with Crippen LogP contribution in [0.5, 0.6) is 17.2 Å². The molecule has 0 aliphatic carbocycles. The van der Waals surface area contributed by atoms with Gasteiger partial charge in [0.15, 0.2) is 0 Å². The van der Waals surface area contributed by atoms with E-state index in [0.29, 0.717) is 22.9 Å². The maximum Gasteiger partial charge on any atom is 0.141 e. The lowest BCUT2D eigenvalue weighted by Gasteiger charge is -2.09. The normalized spacial score (nSPS) is 10.6. The van der Waals surface area contributed by atoms with Crippen LogP contribution < -0.4 is 15.9 Å². The van der Waals surface area contributed by atoms with Crippen molar-refractivity contribution >= 4 is 12.0 Å².